The summed E-state index contributed by atoms with van der Waals surface area (Å²) in [6.45, 7) is 6.02. The minimum atomic E-state index is -0.230. The van der Waals surface area contributed by atoms with E-state index in [4.69, 9.17) is 21.7 Å². The molecule has 0 atom stereocenters. The predicted molar refractivity (Wildman–Crippen MR) is 118 cm³/mol. The molecule has 156 valence electrons. The van der Waals surface area contributed by atoms with Crippen LogP contribution in [0.25, 0.3) is 0 Å². The maximum Gasteiger partial charge on any atom is 0.173 e. The van der Waals surface area contributed by atoms with Crippen molar-refractivity contribution < 1.29 is 13.9 Å². The third kappa shape index (κ3) is 6.96. The number of thiocarbonyl (C=S) groups is 1. The lowest BCUT2D eigenvalue weighted by Gasteiger charge is -2.29. The summed E-state index contributed by atoms with van der Waals surface area (Å²) in [5.74, 6) is 0.571. The van der Waals surface area contributed by atoms with Gasteiger partial charge in [0, 0.05) is 38.4 Å². The average Bonchev–Trinajstić information content (AvgIpc) is 2.75. The molecular weight excluding hydrogens is 389 g/mol. The second-order valence-corrected chi connectivity index (χ2v) is 7.40. The molecule has 0 aliphatic carbocycles. The minimum Gasteiger partial charge on any atom is -0.497 e. The molecule has 3 rings (SSSR count). The van der Waals surface area contributed by atoms with Gasteiger partial charge in [-0.1, -0.05) is 12.1 Å². The Morgan fingerprint density at radius 1 is 1.14 bits per heavy atom. The van der Waals surface area contributed by atoms with Crippen molar-refractivity contribution in [1.29, 1.82) is 0 Å². The second kappa shape index (κ2) is 11.1. The van der Waals surface area contributed by atoms with Gasteiger partial charge in [-0.3, -0.25) is 4.90 Å². The highest BCUT2D eigenvalue weighted by atomic mass is 32.1. The number of hydrogen-bond acceptors (Lipinski definition) is 4. The number of rotatable bonds is 8. The topological polar surface area (TPSA) is 37.0 Å². The molecule has 0 unspecified atom stereocenters. The van der Waals surface area contributed by atoms with Crippen LogP contribution >= 0.6 is 12.2 Å². The molecule has 0 saturated carbocycles. The first-order chi connectivity index (χ1) is 14.1. The van der Waals surface area contributed by atoms with E-state index in [-0.39, 0.29) is 5.82 Å². The van der Waals surface area contributed by atoms with Crippen molar-refractivity contribution in [3.63, 3.8) is 0 Å². The van der Waals surface area contributed by atoms with Crippen LogP contribution in [0.5, 0.6) is 5.75 Å². The fraction of sp³-hybridized carbons (Fsp3) is 0.409. The second-order valence-electron chi connectivity index (χ2n) is 7.01. The summed E-state index contributed by atoms with van der Waals surface area (Å²) in [6.07, 6.45) is 0.992. The Morgan fingerprint density at radius 3 is 2.48 bits per heavy atom. The summed E-state index contributed by atoms with van der Waals surface area (Å²) in [4.78, 5) is 4.55. The molecule has 1 fully saturated rings. The third-order valence-electron chi connectivity index (χ3n) is 4.92. The maximum atomic E-state index is 13.3. The molecule has 1 aliphatic heterocycles. The fourth-order valence-corrected chi connectivity index (χ4v) is 3.52. The van der Waals surface area contributed by atoms with Crippen LogP contribution in [-0.2, 0) is 11.3 Å². The first kappa shape index (κ1) is 21.5. The summed E-state index contributed by atoms with van der Waals surface area (Å²) < 4.78 is 23.9. The van der Waals surface area contributed by atoms with E-state index in [2.05, 4.69) is 15.1 Å². The number of methoxy groups -OCH3 is 1. The molecule has 5 nitrogen and oxygen atoms in total. The Labute approximate surface area is 177 Å². The van der Waals surface area contributed by atoms with Gasteiger partial charge in [0.05, 0.1) is 20.3 Å². The number of benzene rings is 2. The average molecular weight is 418 g/mol. The maximum absolute atomic E-state index is 13.3. The molecule has 0 spiro atoms. The van der Waals surface area contributed by atoms with Crippen molar-refractivity contribution in [2.24, 2.45) is 0 Å². The number of hydrogen-bond donors (Lipinski definition) is 1. The molecule has 0 amide bonds. The Bertz CT molecular complexity index is 765. The van der Waals surface area contributed by atoms with Crippen LogP contribution in [0, 0.1) is 5.82 Å². The quantitative estimate of drug-likeness (QED) is 0.660. The van der Waals surface area contributed by atoms with Crippen molar-refractivity contribution in [2.75, 3.05) is 51.8 Å². The van der Waals surface area contributed by atoms with Crippen LogP contribution < -0.4 is 10.1 Å². The molecule has 1 heterocycles. The third-order valence-corrected chi connectivity index (χ3v) is 5.28. The van der Waals surface area contributed by atoms with Crippen molar-refractivity contribution in [3.05, 3.63) is 59.9 Å². The van der Waals surface area contributed by atoms with Gasteiger partial charge in [-0.05, 0) is 60.6 Å². The van der Waals surface area contributed by atoms with Gasteiger partial charge in [0.2, 0.25) is 0 Å². The monoisotopic (exact) mass is 417 g/mol. The number of morpholine rings is 1. The molecule has 1 saturated heterocycles. The van der Waals surface area contributed by atoms with Crippen molar-refractivity contribution in [1.82, 2.24) is 9.80 Å². The lowest BCUT2D eigenvalue weighted by molar-refractivity contribution is 0.0368. The Hall–Kier alpha value is -2.22. The van der Waals surface area contributed by atoms with E-state index < -0.39 is 0 Å². The smallest absolute Gasteiger partial charge is 0.173 e. The molecule has 0 radical (unpaired) electrons. The van der Waals surface area contributed by atoms with Crippen LogP contribution in [0.15, 0.2) is 48.5 Å². The minimum absolute atomic E-state index is 0.230. The molecule has 29 heavy (non-hydrogen) atoms. The van der Waals surface area contributed by atoms with Crippen molar-refractivity contribution in [3.8, 4) is 5.75 Å². The molecule has 1 aliphatic rings. The summed E-state index contributed by atoms with van der Waals surface area (Å²) in [7, 11) is 1.64. The summed E-state index contributed by atoms with van der Waals surface area (Å²) >= 11 is 5.69. The van der Waals surface area contributed by atoms with Crippen LogP contribution in [-0.4, -0.2) is 61.4 Å². The van der Waals surface area contributed by atoms with Gasteiger partial charge < -0.3 is 19.7 Å². The van der Waals surface area contributed by atoms with Crippen LogP contribution in [0.4, 0.5) is 10.1 Å². The first-order valence-corrected chi connectivity index (χ1v) is 10.3. The zero-order valence-corrected chi connectivity index (χ0v) is 17.6. The molecule has 0 bridgehead atoms. The number of halogens is 1. The fourth-order valence-electron chi connectivity index (χ4n) is 3.25. The summed E-state index contributed by atoms with van der Waals surface area (Å²) in [5.41, 5.74) is 1.93. The van der Waals surface area contributed by atoms with E-state index in [0.717, 1.165) is 62.8 Å². The highest BCUT2D eigenvalue weighted by Gasteiger charge is 2.14. The Kier molecular flexibility index (Phi) is 8.22. The van der Waals surface area contributed by atoms with Gasteiger partial charge in [-0.25, -0.2) is 4.39 Å². The van der Waals surface area contributed by atoms with Gasteiger partial charge in [0.25, 0.3) is 0 Å². The van der Waals surface area contributed by atoms with Gasteiger partial charge >= 0.3 is 0 Å². The van der Waals surface area contributed by atoms with Crippen molar-refractivity contribution >= 4 is 23.0 Å². The van der Waals surface area contributed by atoms with E-state index in [1.165, 1.54) is 12.1 Å². The Morgan fingerprint density at radius 2 is 1.83 bits per heavy atom. The molecule has 2 aromatic carbocycles. The Balaban J connectivity index is 1.61. The number of nitrogens with zero attached hydrogens (tertiary/aromatic N) is 2. The van der Waals surface area contributed by atoms with Crippen LogP contribution in [0.1, 0.15) is 12.0 Å². The first-order valence-electron chi connectivity index (χ1n) is 9.88. The van der Waals surface area contributed by atoms with E-state index in [9.17, 15) is 4.39 Å². The lowest BCUT2D eigenvalue weighted by Crippen LogP contribution is -2.40. The number of ether oxygens (including phenoxy) is 2. The summed E-state index contributed by atoms with van der Waals surface area (Å²) in [5, 5.41) is 3.96. The SMILES string of the molecule is COc1ccc(NC(=S)N(CCCN2CCOCC2)Cc2ccc(F)cc2)cc1. The van der Waals surface area contributed by atoms with Gasteiger partial charge in [0.15, 0.2) is 5.11 Å². The van der Waals surface area contributed by atoms with E-state index >= 15 is 0 Å². The standard InChI is InChI=1S/C22H28FN3O2S/c1-27-21-9-7-20(8-10-21)24-22(29)26(17-18-3-5-19(23)6-4-18)12-2-11-25-13-15-28-16-14-25/h3-10H,2,11-17H2,1H3,(H,24,29). The molecule has 0 aromatic heterocycles. The zero-order valence-electron chi connectivity index (χ0n) is 16.8. The highest BCUT2D eigenvalue weighted by Crippen LogP contribution is 2.16. The molecular formula is C22H28FN3O2S. The number of nitrogens with one attached hydrogen (secondary N) is 1. The van der Waals surface area contributed by atoms with Crippen LogP contribution in [0.3, 0.4) is 0 Å². The van der Waals surface area contributed by atoms with Crippen molar-refractivity contribution in [2.45, 2.75) is 13.0 Å². The predicted octanol–water partition coefficient (Wildman–Crippen LogP) is 3.76. The molecule has 7 heteroatoms. The largest absolute Gasteiger partial charge is 0.497 e. The van der Waals surface area contributed by atoms with E-state index in [0.29, 0.717) is 11.7 Å². The number of anilines is 1. The van der Waals surface area contributed by atoms with Gasteiger partial charge in [0.1, 0.15) is 11.6 Å². The van der Waals surface area contributed by atoms with Gasteiger partial charge in [-0.2, -0.15) is 0 Å². The van der Waals surface area contributed by atoms with Crippen LogP contribution in [0.2, 0.25) is 0 Å². The lowest BCUT2D eigenvalue weighted by atomic mass is 10.2. The normalized spacial score (nSPS) is 14.4. The van der Waals surface area contributed by atoms with E-state index in [1.807, 2.05) is 24.3 Å². The highest BCUT2D eigenvalue weighted by molar-refractivity contribution is 7.80. The molecule has 2 aromatic rings. The summed E-state index contributed by atoms with van der Waals surface area (Å²) in [6, 6.07) is 14.3. The van der Waals surface area contributed by atoms with Gasteiger partial charge in [-0.15, -0.1) is 0 Å². The zero-order chi connectivity index (χ0) is 20.5. The molecule has 1 N–H and O–H groups in total. The van der Waals surface area contributed by atoms with E-state index in [1.54, 1.807) is 19.2 Å².